The molecule has 0 atom stereocenters. The van der Waals surface area contributed by atoms with E-state index in [1.165, 1.54) is 12.1 Å². The molecule has 232 valence electrons. The van der Waals surface area contributed by atoms with Crippen molar-refractivity contribution in [1.82, 2.24) is 19.7 Å². The van der Waals surface area contributed by atoms with Gasteiger partial charge in [-0.25, -0.2) is 18.9 Å². The zero-order valence-electron chi connectivity index (χ0n) is 24.1. The van der Waals surface area contributed by atoms with Crippen molar-refractivity contribution in [3.63, 3.8) is 0 Å². The zero-order chi connectivity index (χ0) is 32.7. The summed E-state index contributed by atoms with van der Waals surface area (Å²) >= 11 is 0. The van der Waals surface area contributed by atoms with E-state index in [2.05, 4.69) is 41.4 Å². The summed E-state index contributed by atoms with van der Waals surface area (Å²) < 4.78 is 47.2. The molecule has 0 aliphatic heterocycles. The number of carbonyl (C=O) groups is 1. The van der Waals surface area contributed by atoms with Gasteiger partial charge >= 0.3 is 12.1 Å². The molecule has 0 aliphatic carbocycles. The number of benzene rings is 4. The molecule has 0 unspecified atom stereocenters. The molecule has 0 fully saturated rings. The Morgan fingerprint density at radius 2 is 1.24 bits per heavy atom. The van der Waals surface area contributed by atoms with E-state index in [0.29, 0.717) is 11.5 Å². The van der Waals surface area contributed by atoms with Crippen molar-refractivity contribution in [3.05, 3.63) is 162 Å². The summed E-state index contributed by atoms with van der Waals surface area (Å²) in [5, 5.41) is 12.2. The third-order valence-electron chi connectivity index (χ3n) is 7.24. The topological polar surface area (TPSA) is 107 Å². The average molecular weight is 626 g/mol. The molecular weight excluding hydrogens is 598 g/mol. The van der Waals surface area contributed by atoms with Crippen LogP contribution in [0.1, 0.15) is 22.3 Å². The van der Waals surface area contributed by atoms with Gasteiger partial charge in [-0.05, 0) is 52.6 Å². The van der Waals surface area contributed by atoms with Crippen molar-refractivity contribution >= 4 is 5.97 Å². The summed E-state index contributed by atoms with van der Waals surface area (Å²) in [6, 6.07) is 39.2. The minimum absolute atomic E-state index is 0.280. The van der Waals surface area contributed by atoms with Crippen LogP contribution in [-0.2, 0) is 16.9 Å². The van der Waals surface area contributed by atoms with Crippen LogP contribution in [0.2, 0.25) is 0 Å². The Kier molecular flexibility index (Phi) is 9.34. The first-order chi connectivity index (χ1) is 22.1. The van der Waals surface area contributed by atoms with Crippen molar-refractivity contribution in [2.45, 2.75) is 18.3 Å². The number of carboxylic acid groups (broad SMARTS) is 1. The van der Waals surface area contributed by atoms with Gasteiger partial charge in [0.1, 0.15) is 17.7 Å². The van der Waals surface area contributed by atoms with E-state index in [1.54, 1.807) is 24.7 Å². The van der Waals surface area contributed by atoms with Crippen LogP contribution in [0.25, 0.3) is 22.6 Å². The molecule has 6 aromatic rings. The zero-order valence-corrected chi connectivity index (χ0v) is 24.1. The molecule has 0 radical (unpaired) electrons. The van der Waals surface area contributed by atoms with E-state index in [1.807, 2.05) is 65.3 Å². The largest absolute Gasteiger partial charge is 0.490 e. The molecule has 0 saturated heterocycles. The van der Waals surface area contributed by atoms with Gasteiger partial charge in [0.05, 0.1) is 5.69 Å². The molecule has 6 rings (SSSR count). The van der Waals surface area contributed by atoms with Gasteiger partial charge in [-0.2, -0.15) is 13.2 Å². The van der Waals surface area contributed by atoms with Crippen molar-refractivity contribution in [2.75, 3.05) is 0 Å². The first-order valence-corrected chi connectivity index (χ1v) is 14.0. The number of rotatable bonds is 7. The molecule has 7 nitrogen and oxygen atoms in total. The van der Waals surface area contributed by atoms with E-state index in [-0.39, 0.29) is 12.4 Å². The van der Waals surface area contributed by atoms with Crippen LogP contribution in [0.5, 0.6) is 0 Å². The summed E-state index contributed by atoms with van der Waals surface area (Å²) in [7, 11) is 0. The van der Waals surface area contributed by atoms with Crippen molar-refractivity contribution in [2.24, 2.45) is 5.73 Å². The van der Waals surface area contributed by atoms with Gasteiger partial charge in [-0.3, -0.25) is 4.98 Å². The predicted octanol–water partition coefficient (Wildman–Crippen LogP) is 7.08. The summed E-state index contributed by atoms with van der Waals surface area (Å²) in [4.78, 5) is 18.3. The number of pyridine rings is 1. The molecule has 0 saturated carbocycles. The monoisotopic (exact) mass is 625 g/mol. The van der Waals surface area contributed by atoms with Crippen molar-refractivity contribution in [3.8, 4) is 22.6 Å². The van der Waals surface area contributed by atoms with Gasteiger partial charge in [0, 0.05) is 23.9 Å². The molecule has 11 heteroatoms. The van der Waals surface area contributed by atoms with Crippen LogP contribution in [0, 0.1) is 5.82 Å². The lowest BCUT2D eigenvalue weighted by atomic mass is 9.77. The highest BCUT2D eigenvalue weighted by atomic mass is 19.4. The maximum atomic E-state index is 13.5. The van der Waals surface area contributed by atoms with Gasteiger partial charge in [0.25, 0.3) is 0 Å². The highest BCUT2D eigenvalue weighted by Gasteiger charge is 2.40. The van der Waals surface area contributed by atoms with Crippen LogP contribution in [0.4, 0.5) is 17.6 Å². The lowest BCUT2D eigenvalue weighted by molar-refractivity contribution is -0.192. The fraction of sp³-hybridized carbons (Fsp3) is 0.0857. The second kappa shape index (κ2) is 13.5. The highest BCUT2D eigenvalue weighted by molar-refractivity contribution is 5.73. The van der Waals surface area contributed by atoms with Crippen LogP contribution < -0.4 is 5.73 Å². The van der Waals surface area contributed by atoms with E-state index < -0.39 is 17.7 Å². The Bertz CT molecular complexity index is 1800. The standard InChI is InChI=1S/C33H26FN5.C2HF3O2/c34-29-18-16-24(17-19-29)31-20-30(25(21-35)22-36-31)32-37-23-39(38-32)33(26-10-4-1-5-11-26,27-12-6-2-7-13-27)28-14-8-3-9-15-28;3-2(4,5)1(6)7/h1-20,22-23H,21,35H2;(H,6,7). The smallest absolute Gasteiger partial charge is 0.475 e. The van der Waals surface area contributed by atoms with Gasteiger partial charge in [0.15, 0.2) is 5.82 Å². The number of hydrogen-bond acceptors (Lipinski definition) is 5. The number of hydrogen-bond donors (Lipinski definition) is 2. The van der Waals surface area contributed by atoms with Crippen molar-refractivity contribution < 1.29 is 27.5 Å². The maximum absolute atomic E-state index is 13.5. The molecule has 2 aromatic heterocycles. The van der Waals surface area contributed by atoms with Crippen LogP contribution in [0.3, 0.4) is 0 Å². The first-order valence-electron chi connectivity index (χ1n) is 14.0. The predicted molar refractivity (Wildman–Crippen MR) is 165 cm³/mol. The molecule has 4 aromatic carbocycles. The number of halogens is 4. The minimum atomic E-state index is -5.08. The number of carboxylic acids is 1. The van der Waals surface area contributed by atoms with E-state index in [9.17, 15) is 17.6 Å². The third kappa shape index (κ3) is 6.54. The molecular formula is C35H27F4N5O2. The lowest BCUT2D eigenvalue weighted by Gasteiger charge is -2.35. The maximum Gasteiger partial charge on any atom is 0.490 e. The molecule has 2 heterocycles. The van der Waals surface area contributed by atoms with Gasteiger partial charge in [-0.1, -0.05) is 91.0 Å². The quantitative estimate of drug-likeness (QED) is 0.145. The number of aliphatic carboxylic acids is 1. The van der Waals surface area contributed by atoms with Crippen LogP contribution >= 0.6 is 0 Å². The second-order valence-electron chi connectivity index (χ2n) is 10.1. The summed E-state index contributed by atoms with van der Waals surface area (Å²) in [6.45, 7) is 0.280. The third-order valence-corrected chi connectivity index (χ3v) is 7.24. The fourth-order valence-electron chi connectivity index (χ4n) is 5.12. The first kappa shape index (κ1) is 31.7. The van der Waals surface area contributed by atoms with E-state index in [0.717, 1.165) is 33.4 Å². The van der Waals surface area contributed by atoms with Gasteiger partial charge < -0.3 is 10.8 Å². The fourth-order valence-corrected chi connectivity index (χ4v) is 5.12. The van der Waals surface area contributed by atoms with Crippen LogP contribution in [-0.4, -0.2) is 37.0 Å². The second-order valence-corrected chi connectivity index (χ2v) is 10.1. The number of aromatic nitrogens is 4. The van der Waals surface area contributed by atoms with Crippen molar-refractivity contribution in [1.29, 1.82) is 0 Å². The molecule has 0 spiro atoms. The normalized spacial score (nSPS) is 11.4. The Morgan fingerprint density at radius 3 is 1.67 bits per heavy atom. The Balaban J connectivity index is 0.000000537. The highest BCUT2D eigenvalue weighted by Crippen LogP contribution is 2.40. The van der Waals surface area contributed by atoms with E-state index in [4.69, 9.17) is 25.7 Å². The van der Waals surface area contributed by atoms with Gasteiger partial charge in [-0.15, -0.1) is 5.10 Å². The van der Waals surface area contributed by atoms with E-state index >= 15 is 0 Å². The average Bonchev–Trinajstić information content (AvgIpc) is 3.57. The summed E-state index contributed by atoms with van der Waals surface area (Å²) in [6.07, 6.45) is -1.56. The Morgan fingerprint density at radius 1 is 0.761 bits per heavy atom. The Labute approximate surface area is 261 Å². The minimum Gasteiger partial charge on any atom is -0.475 e. The molecule has 0 aliphatic rings. The summed E-state index contributed by atoms with van der Waals surface area (Å²) in [5.41, 5.74) is 11.6. The SMILES string of the molecule is NCc1cnc(-c2ccc(F)cc2)cc1-c1ncn(C(c2ccccc2)(c2ccccc2)c2ccccc2)n1.O=C(O)C(F)(F)F. The number of nitrogens with two attached hydrogens (primary N) is 1. The molecule has 0 bridgehead atoms. The molecule has 3 N–H and O–H groups in total. The van der Waals surface area contributed by atoms with Gasteiger partial charge in [0.2, 0.25) is 0 Å². The van der Waals surface area contributed by atoms with Crippen LogP contribution in [0.15, 0.2) is 134 Å². The molecule has 0 amide bonds. The molecule has 46 heavy (non-hydrogen) atoms. The lowest BCUT2D eigenvalue weighted by Crippen LogP contribution is -2.38. The summed E-state index contributed by atoms with van der Waals surface area (Å²) in [5.74, 6) is -2.52. The number of nitrogens with zero attached hydrogens (tertiary/aromatic N) is 4. The Hall–Kier alpha value is -5.68. The number of alkyl halides is 3.